The van der Waals surface area contributed by atoms with E-state index in [-0.39, 0.29) is 18.4 Å². The first-order valence-corrected chi connectivity index (χ1v) is 5.45. The minimum Gasteiger partial charge on any atom is -0.370 e. The zero-order valence-corrected chi connectivity index (χ0v) is 10.2. The molecule has 0 aliphatic carbocycles. The molecule has 0 aromatic rings. The number of carbonyl (C=O) groups is 2. The van der Waals surface area contributed by atoms with Gasteiger partial charge in [0.15, 0.2) is 5.96 Å². The number of rotatable bonds is 8. The lowest BCUT2D eigenvalue weighted by atomic mass is 10.2. The van der Waals surface area contributed by atoms with E-state index in [9.17, 15) is 14.4 Å². The highest BCUT2D eigenvalue weighted by molar-refractivity contribution is 5.85. The van der Waals surface area contributed by atoms with Crippen molar-refractivity contribution in [3.05, 3.63) is 0 Å². The molecule has 0 bridgehead atoms. The SMILES string of the molecule is CC(=O)NCC(=O)N[C@H]([C]=O)CCCNC(=N)N. The van der Waals surface area contributed by atoms with Crippen molar-refractivity contribution in [2.24, 2.45) is 5.73 Å². The van der Waals surface area contributed by atoms with E-state index < -0.39 is 11.9 Å². The molecule has 0 aromatic heterocycles. The molecule has 8 heteroatoms. The van der Waals surface area contributed by atoms with Crippen molar-refractivity contribution in [1.82, 2.24) is 16.0 Å². The summed E-state index contributed by atoms with van der Waals surface area (Å²) < 4.78 is 0. The molecule has 0 aliphatic rings. The monoisotopic (exact) mass is 256 g/mol. The Morgan fingerprint density at radius 3 is 2.56 bits per heavy atom. The van der Waals surface area contributed by atoms with Gasteiger partial charge in [0, 0.05) is 13.5 Å². The highest BCUT2D eigenvalue weighted by atomic mass is 16.2. The Morgan fingerprint density at radius 2 is 2.06 bits per heavy atom. The molecule has 8 nitrogen and oxygen atoms in total. The molecule has 1 radical (unpaired) electrons. The van der Waals surface area contributed by atoms with Gasteiger partial charge in [-0.05, 0) is 12.8 Å². The van der Waals surface area contributed by atoms with Crippen molar-refractivity contribution < 1.29 is 14.4 Å². The van der Waals surface area contributed by atoms with Crippen molar-refractivity contribution in [3.8, 4) is 0 Å². The van der Waals surface area contributed by atoms with Gasteiger partial charge >= 0.3 is 0 Å². The normalized spacial score (nSPS) is 11.2. The van der Waals surface area contributed by atoms with E-state index in [1.807, 2.05) is 0 Å². The third-order valence-electron chi connectivity index (χ3n) is 1.96. The van der Waals surface area contributed by atoms with E-state index in [1.165, 1.54) is 6.92 Å². The summed E-state index contributed by atoms with van der Waals surface area (Å²) in [6.07, 6.45) is 2.64. The van der Waals surface area contributed by atoms with Crippen molar-refractivity contribution in [2.75, 3.05) is 13.1 Å². The Labute approximate surface area is 105 Å². The van der Waals surface area contributed by atoms with E-state index in [4.69, 9.17) is 11.1 Å². The highest BCUT2D eigenvalue weighted by Crippen LogP contribution is 1.93. The van der Waals surface area contributed by atoms with E-state index in [0.29, 0.717) is 19.4 Å². The lowest BCUT2D eigenvalue weighted by Gasteiger charge is -2.12. The predicted octanol–water partition coefficient (Wildman–Crippen LogP) is -2.02. The van der Waals surface area contributed by atoms with Crippen LogP contribution >= 0.6 is 0 Å². The maximum atomic E-state index is 11.3. The fourth-order valence-electron chi connectivity index (χ4n) is 1.14. The molecule has 2 amide bonds. The number of guanidine groups is 1. The van der Waals surface area contributed by atoms with E-state index in [1.54, 1.807) is 6.29 Å². The molecule has 0 aromatic carbocycles. The van der Waals surface area contributed by atoms with Crippen LogP contribution in [0.4, 0.5) is 0 Å². The number of amides is 2. The third kappa shape index (κ3) is 9.13. The smallest absolute Gasteiger partial charge is 0.239 e. The Morgan fingerprint density at radius 1 is 1.39 bits per heavy atom. The number of nitrogens with two attached hydrogens (primary N) is 1. The van der Waals surface area contributed by atoms with Crippen LogP contribution < -0.4 is 21.7 Å². The predicted molar refractivity (Wildman–Crippen MR) is 65.5 cm³/mol. The van der Waals surface area contributed by atoms with Gasteiger partial charge < -0.3 is 21.7 Å². The van der Waals surface area contributed by atoms with Gasteiger partial charge in [0.25, 0.3) is 0 Å². The largest absolute Gasteiger partial charge is 0.370 e. The second kappa shape index (κ2) is 8.97. The van der Waals surface area contributed by atoms with Crippen molar-refractivity contribution in [1.29, 1.82) is 5.41 Å². The Balaban J connectivity index is 3.81. The minimum absolute atomic E-state index is 0.142. The summed E-state index contributed by atoms with van der Waals surface area (Å²) in [5, 5.41) is 14.2. The lowest BCUT2D eigenvalue weighted by molar-refractivity contribution is -0.125. The van der Waals surface area contributed by atoms with Crippen LogP contribution in [0.15, 0.2) is 0 Å². The van der Waals surface area contributed by atoms with Gasteiger partial charge in [0.2, 0.25) is 18.1 Å². The number of hydrogen-bond donors (Lipinski definition) is 5. The first-order valence-electron chi connectivity index (χ1n) is 5.45. The highest BCUT2D eigenvalue weighted by Gasteiger charge is 2.11. The summed E-state index contributed by atoms with van der Waals surface area (Å²) in [4.78, 5) is 32.4. The van der Waals surface area contributed by atoms with Crippen molar-refractivity contribution in [2.45, 2.75) is 25.8 Å². The maximum Gasteiger partial charge on any atom is 0.239 e. The van der Waals surface area contributed by atoms with Crippen LogP contribution in [0.1, 0.15) is 19.8 Å². The van der Waals surface area contributed by atoms with Gasteiger partial charge in [-0.3, -0.25) is 19.8 Å². The summed E-state index contributed by atoms with van der Waals surface area (Å²) in [6.45, 7) is 1.57. The second-order valence-electron chi connectivity index (χ2n) is 3.63. The average Bonchev–Trinajstić information content (AvgIpc) is 2.30. The minimum atomic E-state index is -0.722. The summed E-state index contributed by atoms with van der Waals surface area (Å²) in [5.74, 6) is -0.906. The first kappa shape index (κ1) is 15.9. The molecule has 101 valence electrons. The van der Waals surface area contributed by atoms with Crippen molar-refractivity contribution >= 4 is 24.1 Å². The van der Waals surface area contributed by atoms with Crippen LogP contribution in [0.5, 0.6) is 0 Å². The number of hydrogen-bond acceptors (Lipinski definition) is 4. The summed E-state index contributed by atoms with van der Waals surface area (Å²) in [5.41, 5.74) is 5.08. The van der Waals surface area contributed by atoms with Crippen LogP contribution in [-0.4, -0.2) is 43.2 Å². The third-order valence-corrected chi connectivity index (χ3v) is 1.96. The molecule has 0 spiro atoms. The molecule has 6 N–H and O–H groups in total. The molecule has 0 rings (SSSR count). The maximum absolute atomic E-state index is 11.3. The van der Waals surface area contributed by atoms with Gasteiger partial charge in [-0.2, -0.15) is 0 Å². The summed E-state index contributed by atoms with van der Waals surface area (Å²) in [7, 11) is 0. The quantitative estimate of drug-likeness (QED) is 0.194. The van der Waals surface area contributed by atoms with E-state index in [0.717, 1.165) is 0 Å². The fraction of sp³-hybridized carbons (Fsp3) is 0.600. The molecule has 0 unspecified atom stereocenters. The van der Waals surface area contributed by atoms with Gasteiger partial charge in [-0.25, -0.2) is 0 Å². The molecule has 0 heterocycles. The van der Waals surface area contributed by atoms with Gasteiger partial charge in [0.05, 0.1) is 12.6 Å². The number of carbonyl (C=O) groups excluding carboxylic acids is 3. The van der Waals surface area contributed by atoms with E-state index >= 15 is 0 Å². The standard InChI is InChI=1S/C10H18N5O3/c1-7(17)14-5-9(18)15-8(6-16)3-2-4-13-10(11)12/h8H,2-5H2,1H3,(H,14,17)(H,15,18)(H4,11,12,13)/t8-/m0/s1. The topological polar surface area (TPSA) is 137 Å². The second-order valence-corrected chi connectivity index (χ2v) is 3.63. The Kier molecular flexibility index (Phi) is 7.91. The molecule has 0 aliphatic heterocycles. The number of nitrogens with one attached hydrogen (secondary N) is 4. The molecular weight excluding hydrogens is 238 g/mol. The molecule has 1 atom stereocenters. The lowest BCUT2D eigenvalue weighted by Crippen LogP contribution is -2.42. The molecule has 0 fully saturated rings. The Hall–Kier alpha value is -2.12. The fourth-order valence-corrected chi connectivity index (χ4v) is 1.14. The van der Waals surface area contributed by atoms with Crippen LogP contribution in [0.3, 0.4) is 0 Å². The average molecular weight is 256 g/mol. The zero-order chi connectivity index (χ0) is 14.0. The van der Waals surface area contributed by atoms with Crippen LogP contribution in [0.25, 0.3) is 0 Å². The Bertz CT molecular complexity index is 319. The van der Waals surface area contributed by atoms with Crippen LogP contribution in [0, 0.1) is 5.41 Å². The molecular formula is C10H18N5O3. The first-order chi connectivity index (χ1) is 8.45. The van der Waals surface area contributed by atoms with Crippen LogP contribution in [-0.2, 0) is 14.4 Å². The molecule has 18 heavy (non-hydrogen) atoms. The molecule has 0 saturated heterocycles. The van der Waals surface area contributed by atoms with Crippen molar-refractivity contribution in [3.63, 3.8) is 0 Å². The van der Waals surface area contributed by atoms with Crippen LogP contribution in [0.2, 0.25) is 0 Å². The zero-order valence-electron chi connectivity index (χ0n) is 10.2. The van der Waals surface area contributed by atoms with Gasteiger partial charge in [-0.1, -0.05) is 0 Å². The summed E-state index contributed by atoms with van der Waals surface area (Å²) in [6, 6.07) is -0.722. The van der Waals surface area contributed by atoms with Gasteiger partial charge in [-0.15, -0.1) is 0 Å². The van der Waals surface area contributed by atoms with Gasteiger partial charge in [0.1, 0.15) is 0 Å². The molecule has 0 saturated carbocycles. The summed E-state index contributed by atoms with van der Waals surface area (Å²) >= 11 is 0. The van der Waals surface area contributed by atoms with E-state index in [2.05, 4.69) is 16.0 Å².